The maximum absolute atomic E-state index is 13.0. The van der Waals surface area contributed by atoms with Gasteiger partial charge in [-0.3, -0.25) is 9.59 Å². The lowest BCUT2D eigenvalue weighted by Crippen LogP contribution is -2.33. The van der Waals surface area contributed by atoms with Crippen molar-refractivity contribution in [1.82, 2.24) is 0 Å². The van der Waals surface area contributed by atoms with E-state index < -0.39 is 11.4 Å². The number of amides is 1. The third-order valence-corrected chi connectivity index (χ3v) is 5.92. The van der Waals surface area contributed by atoms with E-state index in [2.05, 4.69) is 15.9 Å². The van der Waals surface area contributed by atoms with Gasteiger partial charge in [0, 0.05) is 22.5 Å². The number of fused-ring (bicyclic) bond motifs is 3. The predicted molar refractivity (Wildman–Crippen MR) is 100 cm³/mol. The molecule has 5 nitrogen and oxygen atoms in total. The predicted octanol–water partition coefficient (Wildman–Crippen LogP) is 3.95. The topological polar surface area (TPSA) is 66.8 Å². The van der Waals surface area contributed by atoms with Crippen molar-refractivity contribution < 1.29 is 19.4 Å². The third-order valence-electron chi connectivity index (χ3n) is 5.43. The maximum atomic E-state index is 13.0. The summed E-state index contributed by atoms with van der Waals surface area (Å²) in [5.41, 5.74) is 1.75. The van der Waals surface area contributed by atoms with E-state index >= 15 is 0 Å². The van der Waals surface area contributed by atoms with Gasteiger partial charge in [0.05, 0.1) is 19.1 Å². The summed E-state index contributed by atoms with van der Waals surface area (Å²) in [6.07, 6.45) is 0.564. The monoisotopic (exact) mass is 415 g/mol. The lowest BCUT2D eigenvalue weighted by Gasteiger charge is -2.24. The minimum absolute atomic E-state index is 0.0372. The van der Waals surface area contributed by atoms with E-state index in [1.54, 1.807) is 12.0 Å². The minimum Gasteiger partial charge on any atom is -0.497 e. The number of rotatable bonds is 4. The lowest BCUT2D eigenvalue weighted by atomic mass is 9.96. The molecule has 0 saturated heterocycles. The Bertz CT molecular complexity index is 895. The smallest absolute Gasteiger partial charge is 0.310 e. The molecule has 1 aliphatic carbocycles. The van der Waals surface area contributed by atoms with Gasteiger partial charge in [-0.25, -0.2) is 0 Å². The second kappa shape index (κ2) is 6.13. The third kappa shape index (κ3) is 2.69. The minimum atomic E-state index is -0.950. The van der Waals surface area contributed by atoms with Crippen LogP contribution in [0.2, 0.25) is 0 Å². The number of carbonyl (C=O) groups excluding carboxylic acids is 1. The molecular formula is C20H18BrNO4. The van der Waals surface area contributed by atoms with Crippen molar-refractivity contribution in [3.63, 3.8) is 0 Å². The number of benzene rings is 2. The number of carbonyl (C=O) groups is 2. The molecule has 2 unspecified atom stereocenters. The number of anilines is 1. The Morgan fingerprint density at radius 2 is 2.04 bits per heavy atom. The number of ether oxygens (including phenoxy) is 1. The van der Waals surface area contributed by atoms with Gasteiger partial charge in [-0.05, 0) is 41.8 Å². The van der Waals surface area contributed by atoms with Crippen LogP contribution in [0.5, 0.6) is 5.75 Å². The van der Waals surface area contributed by atoms with Gasteiger partial charge >= 0.3 is 5.97 Å². The number of carboxylic acid groups (broad SMARTS) is 1. The standard InChI is InChI=1S/C20H18BrNO4/c1-26-14-5-2-12(3-6-14)11-22-17-8-13(21)4-7-15(17)16-9-20(16,19(24)25)10-18(22)23/h2-8,16H,9-11H2,1H3,(H,24,25). The van der Waals surface area contributed by atoms with Gasteiger partial charge in [0.15, 0.2) is 0 Å². The highest BCUT2D eigenvalue weighted by atomic mass is 79.9. The van der Waals surface area contributed by atoms with Crippen LogP contribution in [0.1, 0.15) is 29.9 Å². The van der Waals surface area contributed by atoms with E-state index in [0.29, 0.717) is 13.0 Å². The quantitative estimate of drug-likeness (QED) is 0.820. The van der Waals surface area contributed by atoms with Crippen molar-refractivity contribution in [3.8, 4) is 5.75 Å². The average Bonchev–Trinajstić information content (AvgIpc) is 3.35. The second-order valence-electron chi connectivity index (χ2n) is 6.93. The van der Waals surface area contributed by atoms with E-state index in [4.69, 9.17) is 4.74 Å². The van der Waals surface area contributed by atoms with E-state index in [1.165, 1.54) is 0 Å². The van der Waals surface area contributed by atoms with Crippen LogP contribution in [0.15, 0.2) is 46.9 Å². The van der Waals surface area contributed by atoms with Crippen LogP contribution in [0, 0.1) is 5.41 Å². The molecule has 1 fully saturated rings. The van der Waals surface area contributed by atoms with Gasteiger partial charge in [-0.15, -0.1) is 0 Å². The van der Waals surface area contributed by atoms with E-state index in [9.17, 15) is 14.7 Å². The van der Waals surface area contributed by atoms with Gasteiger partial charge in [-0.2, -0.15) is 0 Å². The summed E-state index contributed by atoms with van der Waals surface area (Å²) in [7, 11) is 1.61. The molecule has 2 aromatic carbocycles. The van der Waals surface area contributed by atoms with Gasteiger partial charge in [0.1, 0.15) is 5.75 Å². The summed E-state index contributed by atoms with van der Waals surface area (Å²) in [5.74, 6) is -0.378. The van der Waals surface area contributed by atoms with Crippen LogP contribution in [0.25, 0.3) is 0 Å². The van der Waals surface area contributed by atoms with Crippen molar-refractivity contribution in [2.24, 2.45) is 5.41 Å². The number of hydrogen-bond acceptors (Lipinski definition) is 3. The van der Waals surface area contributed by atoms with Crippen LogP contribution >= 0.6 is 15.9 Å². The molecule has 1 heterocycles. The first-order valence-corrected chi connectivity index (χ1v) is 9.20. The largest absolute Gasteiger partial charge is 0.497 e. The molecular weight excluding hydrogens is 398 g/mol. The zero-order valence-corrected chi connectivity index (χ0v) is 15.8. The van der Waals surface area contributed by atoms with Gasteiger partial charge < -0.3 is 14.7 Å². The fraction of sp³-hybridized carbons (Fsp3) is 0.300. The van der Waals surface area contributed by atoms with Crippen molar-refractivity contribution in [2.45, 2.75) is 25.3 Å². The highest BCUT2D eigenvalue weighted by molar-refractivity contribution is 9.10. The first-order chi connectivity index (χ1) is 12.4. The van der Waals surface area contributed by atoms with E-state index in [1.807, 2.05) is 42.5 Å². The van der Waals surface area contributed by atoms with Gasteiger partial charge in [0.2, 0.25) is 5.91 Å². The summed E-state index contributed by atoms with van der Waals surface area (Å²) < 4.78 is 6.05. The highest BCUT2D eigenvalue weighted by Gasteiger charge is 2.64. The molecule has 1 aliphatic heterocycles. The molecule has 1 N–H and O–H groups in total. The number of methoxy groups -OCH3 is 1. The van der Waals surface area contributed by atoms with Crippen molar-refractivity contribution >= 4 is 33.5 Å². The second-order valence-corrected chi connectivity index (χ2v) is 7.84. The van der Waals surface area contributed by atoms with Crippen LogP contribution in [0.4, 0.5) is 5.69 Å². The zero-order chi connectivity index (χ0) is 18.5. The summed E-state index contributed by atoms with van der Waals surface area (Å²) in [5, 5.41) is 9.70. The fourth-order valence-corrected chi connectivity index (χ4v) is 4.20. The Morgan fingerprint density at radius 3 is 2.69 bits per heavy atom. The number of halogens is 1. The van der Waals surface area contributed by atoms with E-state index in [-0.39, 0.29) is 18.2 Å². The molecule has 0 radical (unpaired) electrons. The highest BCUT2D eigenvalue weighted by Crippen LogP contribution is 2.65. The first kappa shape index (κ1) is 17.1. The Balaban J connectivity index is 1.74. The Labute approximate surface area is 159 Å². The molecule has 1 saturated carbocycles. The summed E-state index contributed by atoms with van der Waals surface area (Å²) in [6, 6.07) is 13.3. The number of carboxylic acids is 1. The molecule has 2 aliphatic rings. The fourth-order valence-electron chi connectivity index (χ4n) is 3.85. The first-order valence-electron chi connectivity index (χ1n) is 8.41. The lowest BCUT2D eigenvalue weighted by molar-refractivity contribution is -0.145. The Kier molecular flexibility index (Phi) is 4.03. The molecule has 0 spiro atoms. The molecule has 2 atom stereocenters. The molecule has 134 valence electrons. The molecule has 0 aromatic heterocycles. The average molecular weight is 416 g/mol. The molecule has 26 heavy (non-hydrogen) atoms. The van der Waals surface area contributed by atoms with Crippen molar-refractivity contribution in [1.29, 1.82) is 0 Å². The van der Waals surface area contributed by atoms with E-state index in [0.717, 1.165) is 27.0 Å². The van der Waals surface area contributed by atoms with Crippen LogP contribution in [-0.4, -0.2) is 24.1 Å². The maximum Gasteiger partial charge on any atom is 0.310 e. The SMILES string of the molecule is COc1ccc(CN2C(=O)CC3(C(=O)O)CC3c3ccc(Br)cc32)cc1. The van der Waals surface area contributed by atoms with Crippen molar-refractivity contribution in [3.05, 3.63) is 58.1 Å². The normalized spacial score (nSPS) is 23.7. The van der Waals surface area contributed by atoms with Crippen LogP contribution in [-0.2, 0) is 16.1 Å². The number of hydrogen-bond donors (Lipinski definition) is 1. The molecule has 6 heteroatoms. The Hall–Kier alpha value is -2.34. The summed E-state index contributed by atoms with van der Waals surface area (Å²) in [6.45, 7) is 0.398. The molecule has 4 rings (SSSR count). The number of nitrogens with zero attached hydrogens (tertiary/aromatic N) is 1. The van der Waals surface area contributed by atoms with Crippen molar-refractivity contribution in [2.75, 3.05) is 12.0 Å². The summed E-state index contributed by atoms with van der Waals surface area (Å²) >= 11 is 3.47. The molecule has 1 amide bonds. The molecule has 2 aromatic rings. The zero-order valence-electron chi connectivity index (χ0n) is 14.2. The molecule has 0 bridgehead atoms. The van der Waals surface area contributed by atoms with Gasteiger partial charge in [-0.1, -0.05) is 34.1 Å². The van der Waals surface area contributed by atoms with Gasteiger partial charge in [0.25, 0.3) is 0 Å². The number of aliphatic carboxylic acids is 1. The summed E-state index contributed by atoms with van der Waals surface area (Å²) in [4.78, 5) is 26.5. The van der Waals surface area contributed by atoms with Crippen LogP contribution in [0.3, 0.4) is 0 Å². The van der Waals surface area contributed by atoms with Crippen LogP contribution < -0.4 is 9.64 Å². The Morgan fingerprint density at radius 1 is 1.31 bits per heavy atom.